The molecule has 0 bridgehead atoms. The number of hydrogen-bond donors (Lipinski definition) is 2. The number of rotatable bonds is 4. The minimum atomic E-state index is -0.435. The van der Waals surface area contributed by atoms with Gasteiger partial charge in [-0.2, -0.15) is 0 Å². The maximum atomic E-state index is 13.4. The third kappa shape index (κ3) is 3.51. The van der Waals surface area contributed by atoms with E-state index in [1.807, 2.05) is 12.1 Å². The maximum Gasteiger partial charge on any atom is 0.142 e. The molecule has 100 valence electrons. The molecule has 0 fully saturated rings. The van der Waals surface area contributed by atoms with Crippen LogP contribution in [0, 0.1) is 5.82 Å². The molecular weight excluding hydrogens is 333 g/mol. The van der Waals surface area contributed by atoms with E-state index in [1.54, 1.807) is 12.3 Å². The number of nitrogens with one attached hydrogen (secondary N) is 1. The van der Waals surface area contributed by atoms with Crippen LogP contribution < -0.4 is 11.3 Å². The minimum Gasteiger partial charge on any atom is -0.271 e. The van der Waals surface area contributed by atoms with Crippen LogP contribution in [-0.4, -0.2) is 4.98 Å². The number of aromatic nitrogens is 1. The monoisotopic (exact) mass is 343 g/mol. The van der Waals surface area contributed by atoms with Crippen molar-refractivity contribution in [1.82, 2.24) is 10.4 Å². The lowest BCUT2D eigenvalue weighted by atomic mass is 10.0. The summed E-state index contributed by atoms with van der Waals surface area (Å²) in [7, 11) is 0. The van der Waals surface area contributed by atoms with Gasteiger partial charge >= 0.3 is 0 Å². The summed E-state index contributed by atoms with van der Waals surface area (Å²) in [6.45, 7) is 0. The van der Waals surface area contributed by atoms with Gasteiger partial charge in [0.15, 0.2) is 0 Å². The van der Waals surface area contributed by atoms with Crippen molar-refractivity contribution in [2.75, 3.05) is 0 Å². The topological polar surface area (TPSA) is 50.9 Å². The van der Waals surface area contributed by atoms with Crippen molar-refractivity contribution in [2.24, 2.45) is 5.84 Å². The van der Waals surface area contributed by atoms with Crippen molar-refractivity contribution in [3.05, 3.63) is 63.1 Å². The van der Waals surface area contributed by atoms with Crippen molar-refractivity contribution >= 4 is 27.5 Å². The minimum absolute atomic E-state index is 0.111. The van der Waals surface area contributed by atoms with Gasteiger partial charge in [-0.15, -0.1) is 0 Å². The van der Waals surface area contributed by atoms with Crippen LogP contribution >= 0.6 is 27.5 Å². The zero-order valence-electron chi connectivity index (χ0n) is 9.91. The summed E-state index contributed by atoms with van der Waals surface area (Å²) in [5.74, 6) is 5.12. The molecule has 0 spiro atoms. The summed E-state index contributed by atoms with van der Waals surface area (Å²) in [5, 5.41) is 0.111. The molecule has 1 aromatic carbocycles. The number of halogens is 3. The van der Waals surface area contributed by atoms with Crippen LogP contribution in [0.15, 0.2) is 41.0 Å². The summed E-state index contributed by atoms with van der Waals surface area (Å²) in [6.07, 6.45) is 2.20. The second kappa shape index (κ2) is 6.43. The van der Waals surface area contributed by atoms with Crippen LogP contribution in [0.1, 0.15) is 17.3 Å². The van der Waals surface area contributed by atoms with Gasteiger partial charge in [0, 0.05) is 10.7 Å². The van der Waals surface area contributed by atoms with E-state index in [-0.39, 0.29) is 11.1 Å². The third-order valence-electron chi connectivity index (χ3n) is 2.74. The highest BCUT2D eigenvalue weighted by Gasteiger charge is 2.15. The standard InChI is InChI=1S/C13H12BrClFN3/c14-9-2-1-5-18-13(9)12(19-17)7-8-3-4-10(15)11(16)6-8/h1-6,12,19H,7,17H2. The number of hydrazine groups is 1. The first-order valence-electron chi connectivity index (χ1n) is 5.62. The van der Waals surface area contributed by atoms with E-state index in [2.05, 4.69) is 26.3 Å². The van der Waals surface area contributed by atoms with Gasteiger partial charge in [0.2, 0.25) is 0 Å². The average molecular weight is 345 g/mol. The lowest BCUT2D eigenvalue weighted by Gasteiger charge is -2.16. The fourth-order valence-corrected chi connectivity index (χ4v) is 2.44. The number of nitrogens with zero attached hydrogens (tertiary/aromatic N) is 1. The predicted octanol–water partition coefficient (Wildman–Crippen LogP) is 3.38. The zero-order chi connectivity index (χ0) is 13.8. The lowest BCUT2D eigenvalue weighted by Crippen LogP contribution is -2.30. The van der Waals surface area contributed by atoms with Crippen molar-refractivity contribution in [3.63, 3.8) is 0 Å². The van der Waals surface area contributed by atoms with Crippen LogP contribution in [0.5, 0.6) is 0 Å². The zero-order valence-corrected chi connectivity index (χ0v) is 12.2. The molecule has 19 heavy (non-hydrogen) atoms. The Kier molecular flexibility index (Phi) is 4.87. The Hall–Kier alpha value is -1.01. The number of hydrogen-bond acceptors (Lipinski definition) is 3. The first-order valence-corrected chi connectivity index (χ1v) is 6.79. The molecule has 1 aromatic heterocycles. The van der Waals surface area contributed by atoms with Gasteiger partial charge in [0.25, 0.3) is 0 Å². The van der Waals surface area contributed by atoms with Gasteiger partial charge in [0.05, 0.1) is 16.8 Å². The molecule has 3 nitrogen and oxygen atoms in total. The number of pyridine rings is 1. The molecule has 0 aliphatic rings. The Morgan fingerprint density at radius 3 is 2.84 bits per heavy atom. The van der Waals surface area contributed by atoms with E-state index in [4.69, 9.17) is 17.4 Å². The average Bonchev–Trinajstić information content (AvgIpc) is 2.41. The fourth-order valence-electron chi connectivity index (χ4n) is 1.79. The van der Waals surface area contributed by atoms with E-state index in [0.717, 1.165) is 15.7 Å². The van der Waals surface area contributed by atoms with E-state index >= 15 is 0 Å². The molecule has 0 aliphatic carbocycles. The Bertz CT molecular complexity index is 580. The summed E-state index contributed by atoms with van der Waals surface area (Å²) < 4.78 is 14.3. The highest BCUT2D eigenvalue weighted by molar-refractivity contribution is 9.10. The van der Waals surface area contributed by atoms with Crippen LogP contribution in [0.4, 0.5) is 4.39 Å². The molecule has 0 saturated heterocycles. The Morgan fingerprint density at radius 2 is 2.21 bits per heavy atom. The summed E-state index contributed by atoms with van der Waals surface area (Å²) >= 11 is 9.08. The van der Waals surface area contributed by atoms with Crippen molar-refractivity contribution in [3.8, 4) is 0 Å². The molecular formula is C13H12BrClFN3. The highest BCUT2D eigenvalue weighted by atomic mass is 79.9. The first kappa shape index (κ1) is 14.4. The second-order valence-electron chi connectivity index (χ2n) is 4.04. The van der Waals surface area contributed by atoms with Crippen LogP contribution in [0.25, 0.3) is 0 Å². The lowest BCUT2D eigenvalue weighted by molar-refractivity contribution is 0.533. The first-order chi connectivity index (χ1) is 9.11. The normalized spacial score (nSPS) is 12.4. The fraction of sp³-hybridized carbons (Fsp3) is 0.154. The predicted molar refractivity (Wildman–Crippen MR) is 77.1 cm³/mol. The number of nitrogens with two attached hydrogens (primary N) is 1. The largest absolute Gasteiger partial charge is 0.271 e. The van der Waals surface area contributed by atoms with E-state index in [0.29, 0.717) is 6.42 Å². The number of benzene rings is 1. The van der Waals surface area contributed by atoms with Crippen molar-refractivity contribution in [2.45, 2.75) is 12.5 Å². The SMILES string of the molecule is NNC(Cc1ccc(Cl)c(F)c1)c1ncccc1Br. The van der Waals surface area contributed by atoms with Crippen molar-refractivity contribution in [1.29, 1.82) is 0 Å². The van der Waals surface area contributed by atoms with Gasteiger partial charge in [-0.25, -0.2) is 4.39 Å². The molecule has 6 heteroatoms. The van der Waals surface area contributed by atoms with Crippen LogP contribution in [-0.2, 0) is 6.42 Å². The van der Waals surface area contributed by atoms with Gasteiger partial charge < -0.3 is 0 Å². The molecule has 0 saturated carbocycles. The molecule has 2 rings (SSSR count). The summed E-state index contributed by atoms with van der Waals surface area (Å²) in [4.78, 5) is 4.28. The molecule has 3 N–H and O–H groups in total. The van der Waals surface area contributed by atoms with Gasteiger partial charge in [-0.05, 0) is 52.2 Å². The molecule has 0 radical (unpaired) electrons. The quantitative estimate of drug-likeness (QED) is 0.660. The van der Waals surface area contributed by atoms with E-state index < -0.39 is 5.82 Å². The van der Waals surface area contributed by atoms with E-state index in [1.165, 1.54) is 12.1 Å². The summed E-state index contributed by atoms with van der Waals surface area (Å²) in [6, 6.07) is 8.21. The molecule has 2 aromatic rings. The molecule has 0 amide bonds. The maximum absolute atomic E-state index is 13.4. The Morgan fingerprint density at radius 1 is 1.42 bits per heavy atom. The molecule has 1 atom stereocenters. The van der Waals surface area contributed by atoms with Crippen molar-refractivity contribution < 1.29 is 4.39 Å². The highest BCUT2D eigenvalue weighted by Crippen LogP contribution is 2.24. The Labute approximate surface area is 124 Å². The molecule has 1 heterocycles. The molecule has 1 unspecified atom stereocenters. The van der Waals surface area contributed by atoms with Gasteiger partial charge in [-0.1, -0.05) is 17.7 Å². The smallest absolute Gasteiger partial charge is 0.142 e. The van der Waals surface area contributed by atoms with Crippen LogP contribution in [0.3, 0.4) is 0 Å². The second-order valence-corrected chi connectivity index (χ2v) is 5.30. The Balaban J connectivity index is 2.24. The molecule has 0 aliphatic heterocycles. The van der Waals surface area contributed by atoms with Gasteiger partial charge in [-0.3, -0.25) is 16.3 Å². The summed E-state index contributed by atoms with van der Waals surface area (Å²) in [5.41, 5.74) is 4.27. The third-order valence-corrected chi connectivity index (χ3v) is 3.72. The van der Waals surface area contributed by atoms with Gasteiger partial charge in [0.1, 0.15) is 5.82 Å². The van der Waals surface area contributed by atoms with E-state index in [9.17, 15) is 4.39 Å². The van der Waals surface area contributed by atoms with Crippen LogP contribution in [0.2, 0.25) is 5.02 Å².